The average molecular weight is 328 g/mol. The second kappa shape index (κ2) is 6.35. The fraction of sp³-hybridized carbons (Fsp3) is 0.400. The van der Waals surface area contributed by atoms with Crippen LogP contribution in [0, 0.1) is 12.1 Å². The molecule has 5 nitrogen and oxygen atoms in total. The number of hydrogen-bond acceptors (Lipinski definition) is 5. The van der Waals surface area contributed by atoms with Gasteiger partial charge in [0.2, 0.25) is 14.2 Å². The number of rotatable bonds is 5. The van der Waals surface area contributed by atoms with Crippen LogP contribution in [0.25, 0.3) is 0 Å². The molecular weight excluding hydrogens is 317 g/mol. The van der Waals surface area contributed by atoms with E-state index in [-0.39, 0.29) is 4.34 Å². The Labute approximate surface area is 117 Å². The lowest BCUT2D eigenvalue weighted by molar-refractivity contribution is -0.416. The molecule has 1 aromatic rings. The van der Waals surface area contributed by atoms with Gasteiger partial charge >= 0.3 is 6.08 Å². The summed E-state index contributed by atoms with van der Waals surface area (Å²) in [7, 11) is -2.75. The van der Waals surface area contributed by atoms with Crippen LogP contribution in [0.1, 0.15) is 17.0 Å². The Morgan fingerprint density at radius 3 is 2.55 bits per heavy atom. The van der Waals surface area contributed by atoms with Crippen molar-refractivity contribution in [3.63, 3.8) is 0 Å². The summed E-state index contributed by atoms with van der Waals surface area (Å²) in [5, 5.41) is 10.9. The van der Waals surface area contributed by atoms with Crippen molar-refractivity contribution in [2.75, 3.05) is 12.8 Å². The van der Waals surface area contributed by atoms with E-state index < -0.39 is 33.9 Å². The van der Waals surface area contributed by atoms with Crippen molar-refractivity contribution in [2.45, 2.75) is 17.7 Å². The van der Waals surface area contributed by atoms with E-state index in [9.17, 15) is 26.8 Å². The third kappa shape index (κ3) is 4.30. The minimum atomic E-state index is -3.97. The number of aryl methyl sites for hydroxylation is 1. The molecule has 0 amide bonds. The van der Waals surface area contributed by atoms with E-state index in [2.05, 4.69) is 4.98 Å². The zero-order valence-electron chi connectivity index (χ0n) is 10.6. The number of allylic oxidation sites excluding steroid dienone is 1. The highest BCUT2D eigenvalue weighted by molar-refractivity contribution is 7.93. The van der Waals surface area contributed by atoms with Crippen molar-refractivity contribution < 1.29 is 26.3 Å². The van der Waals surface area contributed by atoms with Crippen molar-refractivity contribution in [2.24, 2.45) is 0 Å². The summed E-state index contributed by atoms with van der Waals surface area (Å²) in [6.07, 6.45) is -2.30. The van der Waals surface area contributed by atoms with Crippen molar-refractivity contribution >= 4 is 27.4 Å². The van der Waals surface area contributed by atoms with Gasteiger partial charge in [-0.2, -0.15) is 8.78 Å². The van der Waals surface area contributed by atoms with Gasteiger partial charge in [0, 0.05) is 6.42 Å². The normalized spacial score (nSPS) is 12.6. The van der Waals surface area contributed by atoms with Gasteiger partial charge in [-0.3, -0.25) is 0 Å². The van der Waals surface area contributed by atoms with Gasteiger partial charge in [0.1, 0.15) is 11.9 Å². The van der Waals surface area contributed by atoms with Crippen molar-refractivity contribution in [1.82, 2.24) is 4.98 Å². The van der Waals surface area contributed by atoms with Crippen LogP contribution in [0.15, 0.2) is 16.2 Å². The van der Waals surface area contributed by atoms with E-state index in [0.29, 0.717) is 15.3 Å². The molecule has 20 heavy (non-hydrogen) atoms. The van der Waals surface area contributed by atoms with Gasteiger partial charge < -0.3 is 5.21 Å². The lowest BCUT2D eigenvalue weighted by Crippen LogP contribution is -2.07. The van der Waals surface area contributed by atoms with Crippen LogP contribution in [0.3, 0.4) is 0 Å². The largest absolute Gasteiger partial charge is 0.624 e. The third-order valence-corrected chi connectivity index (χ3v) is 5.44. The van der Waals surface area contributed by atoms with Crippen LogP contribution in [0.2, 0.25) is 0 Å². The van der Waals surface area contributed by atoms with Crippen LogP contribution in [-0.4, -0.2) is 37.2 Å². The molecule has 10 heteroatoms. The molecule has 1 heterocycles. The highest BCUT2D eigenvalue weighted by atomic mass is 32.2. The first kappa shape index (κ1) is 16.6. The fourth-order valence-electron chi connectivity index (χ4n) is 1.21. The summed E-state index contributed by atoms with van der Waals surface area (Å²) in [6.45, 7) is 1.51. The van der Waals surface area contributed by atoms with E-state index in [0.717, 1.165) is 17.6 Å². The molecule has 0 aromatic carbocycles. The third-order valence-electron chi connectivity index (χ3n) is 2.17. The summed E-state index contributed by atoms with van der Waals surface area (Å²) in [5.74, 6) is -2.57. The average Bonchev–Trinajstić information content (AvgIpc) is 2.68. The fourth-order valence-corrected chi connectivity index (χ4v) is 3.90. The molecule has 0 atom stereocenters. The molecule has 0 bridgehead atoms. The summed E-state index contributed by atoms with van der Waals surface area (Å²) in [5.41, 5.74) is 0.323. The summed E-state index contributed by atoms with van der Waals surface area (Å²) in [4.78, 5) is 4.11. The molecule has 0 N–H and O–H groups in total. The van der Waals surface area contributed by atoms with Gasteiger partial charge in [-0.05, 0) is 6.92 Å². The first-order valence-electron chi connectivity index (χ1n) is 5.28. The Kier molecular flexibility index (Phi) is 5.28. The quantitative estimate of drug-likeness (QED) is 0.360. The number of aromatic nitrogens is 1. The zero-order chi connectivity index (χ0) is 15.5. The molecule has 0 saturated heterocycles. The first-order valence-corrected chi connectivity index (χ1v) is 7.75. The van der Waals surface area contributed by atoms with Gasteiger partial charge in [-0.1, -0.05) is 11.3 Å². The highest BCUT2D eigenvalue weighted by Crippen LogP contribution is 2.24. The minimum absolute atomic E-state index is 0.323. The van der Waals surface area contributed by atoms with E-state index in [4.69, 9.17) is 0 Å². The summed E-state index contributed by atoms with van der Waals surface area (Å²) >= 11 is 0.733. The number of hydrogen-bond donors (Lipinski definition) is 0. The SMILES string of the molecule is Cc1nc(S(=O)(=O)CCC(F)=C(F)F)sc1/C=[N+](/C)[O-]. The molecule has 0 aliphatic carbocycles. The van der Waals surface area contributed by atoms with Crippen molar-refractivity contribution in [3.8, 4) is 0 Å². The monoisotopic (exact) mass is 328 g/mol. The maximum absolute atomic E-state index is 12.6. The first-order chi connectivity index (χ1) is 9.13. The molecule has 0 saturated carbocycles. The zero-order valence-corrected chi connectivity index (χ0v) is 12.2. The number of thiazole rings is 1. The van der Waals surface area contributed by atoms with Gasteiger partial charge in [0.15, 0.2) is 12.0 Å². The Bertz CT molecular complexity index is 657. The predicted molar refractivity (Wildman–Crippen MR) is 68.6 cm³/mol. The topological polar surface area (TPSA) is 73.1 Å². The van der Waals surface area contributed by atoms with Crippen LogP contribution >= 0.6 is 11.3 Å². The molecule has 0 aliphatic rings. The lowest BCUT2D eigenvalue weighted by atomic mass is 10.4. The van der Waals surface area contributed by atoms with Gasteiger partial charge in [-0.25, -0.2) is 22.5 Å². The Hall–Kier alpha value is -1.42. The maximum Gasteiger partial charge on any atom is 0.301 e. The standard InChI is InChI=1S/C10H11F3N2O3S2/c1-6-8(5-15(2)16)19-10(14-6)20(17,18)4-3-7(11)9(12)13/h5H,3-4H2,1-2H3/b15-5-. The number of halogens is 3. The smallest absolute Gasteiger partial charge is 0.301 e. The Morgan fingerprint density at radius 2 is 2.05 bits per heavy atom. The van der Waals surface area contributed by atoms with Gasteiger partial charge in [0.25, 0.3) is 0 Å². The van der Waals surface area contributed by atoms with Gasteiger partial charge in [0.05, 0.1) is 11.4 Å². The maximum atomic E-state index is 12.6. The van der Waals surface area contributed by atoms with Crippen molar-refractivity contribution in [1.29, 1.82) is 0 Å². The molecule has 0 aliphatic heterocycles. The number of sulfone groups is 1. The van der Waals surface area contributed by atoms with E-state index >= 15 is 0 Å². The molecular formula is C10H11F3N2O3S2. The Balaban J connectivity index is 3.00. The van der Waals surface area contributed by atoms with Crippen molar-refractivity contribution in [3.05, 3.63) is 27.7 Å². The molecule has 112 valence electrons. The number of hydroxylamine groups is 1. The predicted octanol–water partition coefficient (Wildman–Crippen LogP) is 2.25. The molecule has 1 aromatic heterocycles. The van der Waals surface area contributed by atoms with Crippen LogP contribution < -0.4 is 0 Å². The number of nitrogens with zero attached hydrogens (tertiary/aromatic N) is 2. The lowest BCUT2D eigenvalue weighted by Gasteiger charge is -1.98. The summed E-state index contributed by atoms with van der Waals surface area (Å²) < 4.78 is 60.2. The highest BCUT2D eigenvalue weighted by Gasteiger charge is 2.22. The van der Waals surface area contributed by atoms with Crippen LogP contribution in [0.5, 0.6) is 0 Å². The second-order valence-corrected chi connectivity index (χ2v) is 7.15. The van der Waals surface area contributed by atoms with Crippen LogP contribution in [-0.2, 0) is 9.84 Å². The van der Waals surface area contributed by atoms with E-state index in [1.54, 1.807) is 0 Å². The van der Waals surface area contributed by atoms with Crippen LogP contribution in [0.4, 0.5) is 13.2 Å². The summed E-state index contributed by atoms with van der Waals surface area (Å²) in [6, 6.07) is 0. The molecule has 0 fully saturated rings. The molecule has 0 spiro atoms. The second-order valence-electron chi connectivity index (χ2n) is 3.84. The molecule has 1 rings (SSSR count). The molecule has 0 radical (unpaired) electrons. The molecule has 0 unspecified atom stereocenters. The van der Waals surface area contributed by atoms with E-state index in [1.165, 1.54) is 14.0 Å². The Morgan fingerprint density at radius 1 is 1.45 bits per heavy atom. The van der Waals surface area contributed by atoms with E-state index in [1.807, 2.05) is 0 Å². The minimum Gasteiger partial charge on any atom is -0.624 e. The van der Waals surface area contributed by atoms with Gasteiger partial charge in [-0.15, -0.1) is 0 Å².